The molecule has 0 aromatic rings. The van der Waals surface area contributed by atoms with Crippen LogP contribution < -0.4 is 10.6 Å². The van der Waals surface area contributed by atoms with Gasteiger partial charge in [-0.05, 0) is 26.3 Å². The average Bonchev–Trinajstić information content (AvgIpc) is 2.61. The second kappa shape index (κ2) is 4.94. The first-order valence-corrected chi connectivity index (χ1v) is 5.99. The van der Waals surface area contributed by atoms with E-state index in [0.29, 0.717) is 18.6 Å². The van der Waals surface area contributed by atoms with E-state index in [4.69, 9.17) is 0 Å². The summed E-state index contributed by atoms with van der Waals surface area (Å²) in [5, 5.41) is 6.30. The Kier molecular flexibility index (Phi) is 3.59. The zero-order chi connectivity index (χ0) is 10.7. The number of hydrogen-bond donors (Lipinski definition) is 2. The maximum absolute atomic E-state index is 11.5. The van der Waals surface area contributed by atoms with Crippen molar-refractivity contribution in [3.05, 3.63) is 0 Å². The number of nitrogens with one attached hydrogen (secondary N) is 2. The third kappa shape index (κ3) is 2.49. The van der Waals surface area contributed by atoms with Gasteiger partial charge in [0, 0.05) is 25.2 Å². The summed E-state index contributed by atoms with van der Waals surface area (Å²) < 4.78 is 0. The molecule has 0 spiro atoms. The van der Waals surface area contributed by atoms with Gasteiger partial charge in [-0.15, -0.1) is 0 Å². The van der Waals surface area contributed by atoms with Crippen molar-refractivity contribution in [2.45, 2.75) is 37.8 Å². The van der Waals surface area contributed by atoms with E-state index in [9.17, 15) is 4.79 Å². The lowest BCUT2D eigenvalue weighted by atomic mass is 10.1. The Morgan fingerprint density at radius 1 is 1.40 bits per heavy atom. The van der Waals surface area contributed by atoms with Gasteiger partial charge in [0.25, 0.3) is 0 Å². The van der Waals surface area contributed by atoms with E-state index in [2.05, 4.69) is 15.5 Å². The highest BCUT2D eigenvalue weighted by molar-refractivity contribution is 5.78. The van der Waals surface area contributed by atoms with Gasteiger partial charge in [0.1, 0.15) is 0 Å². The first-order valence-electron chi connectivity index (χ1n) is 5.99. The minimum Gasteiger partial charge on any atom is -0.355 e. The van der Waals surface area contributed by atoms with E-state index in [0.717, 1.165) is 19.5 Å². The van der Waals surface area contributed by atoms with Crippen LogP contribution in [0.1, 0.15) is 25.7 Å². The molecule has 1 aliphatic carbocycles. The molecule has 0 aromatic carbocycles. The summed E-state index contributed by atoms with van der Waals surface area (Å²) in [7, 11) is 2.03. The molecule has 0 radical (unpaired) electrons. The molecule has 1 saturated heterocycles. The minimum absolute atomic E-state index is 0.189. The van der Waals surface area contributed by atoms with Crippen LogP contribution in [0.5, 0.6) is 0 Å². The zero-order valence-corrected chi connectivity index (χ0v) is 9.46. The normalized spacial score (nSPS) is 33.8. The van der Waals surface area contributed by atoms with Crippen molar-refractivity contribution in [3.8, 4) is 0 Å². The maximum Gasteiger partial charge on any atom is 0.234 e. The van der Waals surface area contributed by atoms with Crippen molar-refractivity contribution in [1.29, 1.82) is 0 Å². The monoisotopic (exact) mass is 211 g/mol. The van der Waals surface area contributed by atoms with Crippen LogP contribution in [0.15, 0.2) is 0 Å². The molecule has 2 aliphatic rings. The highest BCUT2D eigenvalue weighted by Gasteiger charge is 2.32. The van der Waals surface area contributed by atoms with E-state index in [-0.39, 0.29) is 5.91 Å². The van der Waals surface area contributed by atoms with Gasteiger partial charge in [-0.2, -0.15) is 0 Å². The Bertz CT molecular complexity index is 232. The molecule has 86 valence electrons. The number of carbonyl (C=O) groups is 1. The lowest BCUT2D eigenvalue weighted by Crippen LogP contribution is -2.48. The van der Waals surface area contributed by atoms with Gasteiger partial charge >= 0.3 is 0 Å². The van der Waals surface area contributed by atoms with Crippen molar-refractivity contribution < 1.29 is 4.79 Å². The fourth-order valence-corrected chi connectivity index (χ4v) is 2.83. The molecule has 2 atom stereocenters. The van der Waals surface area contributed by atoms with E-state index < -0.39 is 0 Å². The summed E-state index contributed by atoms with van der Waals surface area (Å²) in [4.78, 5) is 13.8. The maximum atomic E-state index is 11.5. The van der Waals surface area contributed by atoms with E-state index in [1.165, 1.54) is 19.3 Å². The summed E-state index contributed by atoms with van der Waals surface area (Å²) in [5.41, 5.74) is 0. The number of rotatable bonds is 2. The lowest BCUT2D eigenvalue weighted by Gasteiger charge is -2.30. The fraction of sp³-hybridized carbons (Fsp3) is 0.909. The molecule has 4 heteroatoms. The first-order chi connectivity index (χ1) is 7.31. The molecular weight excluding hydrogens is 190 g/mol. The van der Waals surface area contributed by atoms with Crippen LogP contribution in [0.25, 0.3) is 0 Å². The predicted molar refractivity (Wildman–Crippen MR) is 59.7 cm³/mol. The fourth-order valence-electron chi connectivity index (χ4n) is 2.83. The van der Waals surface area contributed by atoms with E-state index in [1.807, 2.05) is 7.05 Å². The number of hydrogen-bond acceptors (Lipinski definition) is 3. The first kappa shape index (κ1) is 10.9. The van der Waals surface area contributed by atoms with Gasteiger partial charge in [0.05, 0.1) is 6.54 Å². The van der Waals surface area contributed by atoms with Crippen molar-refractivity contribution >= 4 is 5.91 Å². The summed E-state index contributed by atoms with van der Waals surface area (Å²) in [6, 6.07) is 1.15. The number of likely N-dealkylation sites (N-methyl/N-ethyl adjacent to an activating group) is 1. The van der Waals surface area contributed by atoms with E-state index in [1.54, 1.807) is 0 Å². The molecule has 4 nitrogen and oxygen atoms in total. The minimum atomic E-state index is 0.189. The van der Waals surface area contributed by atoms with Crippen molar-refractivity contribution in [2.24, 2.45) is 0 Å². The number of nitrogens with zero attached hydrogens (tertiary/aromatic N) is 1. The summed E-state index contributed by atoms with van der Waals surface area (Å²) in [5.74, 6) is 0.189. The molecule has 15 heavy (non-hydrogen) atoms. The molecule has 1 saturated carbocycles. The number of carbonyl (C=O) groups excluding carboxylic acids is 1. The van der Waals surface area contributed by atoms with Crippen LogP contribution in [-0.4, -0.2) is 49.6 Å². The van der Waals surface area contributed by atoms with Crippen LogP contribution in [0.4, 0.5) is 0 Å². The molecule has 2 N–H and O–H groups in total. The van der Waals surface area contributed by atoms with Gasteiger partial charge in [0.2, 0.25) is 5.91 Å². The molecule has 0 bridgehead atoms. The Hall–Kier alpha value is -0.610. The third-order valence-corrected chi connectivity index (χ3v) is 3.61. The lowest BCUT2D eigenvalue weighted by molar-refractivity contribution is -0.122. The smallest absolute Gasteiger partial charge is 0.234 e. The molecular formula is C11H21N3O. The highest BCUT2D eigenvalue weighted by Crippen LogP contribution is 2.24. The molecule has 2 fully saturated rings. The highest BCUT2D eigenvalue weighted by atomic mass is 16.2. The largest absolute Gasteiger partial charge is 0.355 e. The van der Waals surface area contributed by atoms with Crippen LogP contribution >= 0.6 is 0 Å². The van der Waals surface area contributed by atoms with Crippen molar-refractivity contribution in [3.63, 3.8) is 0 Å². The quantitative estimate of drug-likeness (QED) is 0.673. The van der Waals surface area contributed by atoms with Crippen LogP contribution in [0.2, 0.25) is 0 Å². The van der Waals surface area contributed by atoms with Gasteiger partial charge in [-0.3, -0.25) is 9.69 Å². The van der Waals surface area contributed by atoms with Crippen LogP contribution in [-0.2, 0) is 4.79 Å². The topological polar surface area (TPSA) is 44.4 Å². The van der Waals surface area contributed by atoms with Gasteiger partial charge in [-0.1, -0.05) is 6.42 Å². The van der Waals surface area contributed by atoms with Crippen molar-refractivity contribution in [1.82, 2.24) is 15.5 Å². The SMILES string of the molecule is CNC1CCCC1N1CCCNC(=O)C1. The molecule has 1 aliphatic heterocycles. The second-order valence-electron chi connectivity index (χ2n) is 4.57. The van der Waals surface area contributed by atoms with E-state index >= 15 is 0 Å². The summed E-state index contributed by atoms with van der Waals surface area (Å²) in [6.07, 6.45) is 4.85. The average molecular weight is 211 g/mol. The Morgan fingerprint density at radius 2 is 2.27 bits per heavy atom. The standard InChI is InChI=1S/C11H21N3O/c1-12-9-4-2-5-10(9)14-7-3-6-13-11(15)8-14/h9-10,12H,2-8H2,1H3,(H,13,15). The summed E-state index contributed by atoms with van der Waals surface area (Å²) >= 11 is 0. The van der Waals surface area contributed by atoms with Crippen molar-refractivity contribution in [2.75, 3.05) is 26.7 Å². The molecule has 2 rings (SSSR count). The van der Waals surface area contributed by atoms with Gasteiger partial charge in [0.15, 0.2) is 0 Å². The van der Waals surface area contributed by atoms with Crippen LogP contribution in [0, 0.1) is 0 Å². The number of amides is 1. The predicted octanol–water partition coefficient (Wildman–Crippen LogP) is -0.0512. The van der Waals surface area contributed by atoms with Gasteiger partial charge < -0.3 is 10.6 Å². The molecule has 0 aromatic heterocycles. The molecule has 1 heterocycles. The Balaban J connectivity index is 1.98. The third-order valence-electron chi connectivity index (χ3n) is 3.61. The molecule has 2 unspecified atom stereocenters. The Morgan fingerprint density at radius 3 is 3.07 bits per heavy atom. The van der Waals surface area contributed by atoms with Crippen LogP contribution in [0.3, 0.4) is 0 Å². The van der Waals surface area contributed by atoms with Gasteiger partial charge in [-0.25, -0.2) is 0 Å². The molecule has 1 amide bonds. The Labute approximate surface area is 91.4 Å². The summed E-state index contributed by atoms with van der Waals surface area (Å²) in [6.45, 7) is 2.48. The zero-order valence-electron chi connectivity index (χ0n) is 9.46. The second-order valence-corrected chi connectivity index (χ2v) is 4.57.